The minimum atomic E-state index is 0. The summed E-state index contributed by atoms with van der Waals surface area (Å²) in [5.74, 6) is 2.37. The lowest BCUT2D eigenvalue weighted by molar-refractivity contribution is 0.415. The first kappa shape index (κ1) is 24.9. The van der Waals surface area contributed by atoms with Gasteiger partial charge in [0.2, 0.25) is 5.89 Å². The van der Waals surface area contributed by atoms with Crippen molar-refractivity contribution >= 4 is 35.6 Å². The van der Waals surface area contributed by atoms with Crippen molar-refractivity contribution in [3.63, 3.8) is 0 Å². The Morgan fingerprint density at radius 3 is 2.76 bits per heavy atom. The SMILES string of the molecule is CN=C(NCCc1coc(-c2ccc(C)cc2)n1)NC1CCN(c2ccccc2OC)C1.I. The Bertz CT molecular complexity index is 1050. The second-order valence-electron chi connectivity index (χ2n) is 8.01. The van der Waals surface area contributed by atoms with Crippen LogP contribution in [0.2, 0.25) is 0 Å². The second-order valence-corrected chi connectivity index (χ2v) is 8.01. The number of nitrogens with one attached hydrogen (secondary N) is 2. The standard InChI is InChI=1S/C25H31N5O2.HI/c1-18-8-10-19(11-9-18)24-28-21(17-32-24)12-14-27-25(26-2)29-20-13-15-30(16-20)22-6-4-5-7-23(22)31-3;/h4-11,17,20H,12-16H2,1-3H3,(H2,26,27,29);1H. The molecule has 4 rings (SSSR count). The largest absolute Gasteiger partial charge is 0.495 e. The predicted octanol–water partition coefficient (Wildman–Crippen LogP) is 4.26. The van der Waals surface area contributed by atoms with Gasteiger partial charge in [0.25, 0.3) is 0 Å². The van der Waals surface area contributed by atoms with Crippen molar-refractivity contribution in [1.82, 2.24) is 15.6 Å². The topological polar surface area (TPSA) is 74.9 Å². The van der Waals surface area contributed by atoms with Gasteiger partial charge < -0.3 is 24.7 Å². The van der Waals surface area contributed by atoms with Crippen LogP contribution in [0.25, 0.3) is 11.5 Å². The van der Waals surface area contributed by atoms with Gasteiger partial charge in [0, 0.05) is 44.7 Å². The van der Waals surface area contributed by atoms with Crippen molar-refractivity contribution in [3.05, 3.63) is 66.1 Å². The van der Waals surface area contributed by atoms with Crippen LogP contribution in [-0.4, -0.2) is 50.8 Å². The smallest absolute Gasteiger partial charge is 0.226 e. The van der Waals surface area contributed by atoms with Crippen molar-refractivity contribution in [2.75, 3.05) is 38.7 Å². The van der Waals surface area contributed by atoms with E-state index in [1.807, 2.05) is 30.3 Å². The number of guanidine groups is 1. The lowest BCUT2D eigenvalue weighted by Crippen LogP contribution is -2.45. The van der Waals surface area contributed by atoms with Gasteiger partial charge in [-0.2, -0.15) is 0 Å². The number of hydrogen-bond acceptors (Lipinski definition) is 5. The third-order valence-electron chi connectivity index (χ3n) is 5.70. The van der Waals surface area contributed by atoms with E-state index in [9.17, 15) is 0 Å². The summed E-state index contributed by atoms with van der Waals surface area (Å²) >= 11 is 0. The van der Waals surface area contributed by atoms with Crippen molar-refractivity contribution in [1.29, 1.82) is 0 Å². The van der Waals surface area contributed by atoms with Crippen molar-refractivity contribution in [3.8, 4) is 17.2 Å². The third-order valence-corrected chi connectivity index (χ3v) is 5.70. The highest BCUT2D eigenvalue weighted by molar-refractivity contribution is 14.0. The number of hydrogen-bond donors (Lipinski definition) is 2. The highest BCUT2D eigenvalue weighted by Gasteiger charge is 2.25. The number of oxazole rings is 1. The van der Waals surface area contributed by atoms with Gasteiger partial charge in [0.15, 0.2) is 5.96 Å². The molecule has 0 aliphatic carbocycles. The Morgan fingerprint density at radius 1 is 1.21 bits per heavy atom. The molecule has 0 amide bonds. The number of aryl methyl sites for hydroxylation is 1. The van der Waals surface area contributed by atoms with Gasteiger partial charge in [-0.25, -0.2) is 4.98 Å². The fourth-order valence-corrected chi connectivity index (χ4v) is 3.94. The number of aromatic nitrogens is 1. The maximum absolute atomic E-state index is 5.65. The van der Waals surface area contributed by atoms with E-state index < -0.39 is 0 Å². The van der Waals surface area contributed by atoms with Crippen LogP contribution in [0.3, 0.4) is 0 Å². The summed E-state index contributed by atoms with van der Waals surface area (Å²) in [6, 6.07) is 16.7. The molecule has 1 aliphatic rings. The zero-order chi connectivity index (χ0) is 22.3. The summed E-state index contributed by atoms with van der Waals surface area (Å²) in [7, 11) is 3.52. The van der Waals surface area contributed by atoms with Crippen LogP contribution in [0.5, 0.6) is 5.75 Å². The average Bonchev–Trinajstić information content (AvgIpc) is 3.49. The van der Waals surface area contributed by atoms with Gasteiger partial charge in [0.1, 0.15) is 12.0 Å². The van der Waals surface area contributed by atoms with Crippen molar-refractivity contribution in [2.24, 2.45) is 4.99 Å². The van der Waals surface area contributed by atoms with Crippen molar-refractivity contribution in [2.45, 2.75) is 25.8 Å². The average molecular weight is 561 g/mol. The first-order valence-corrected chi connectivity index (χ1v) is 11.0. The number of para-hydroxylation sites is 2. The summed E-state index contributed by atoms with van der Waals surface area (Å²) in [6.45, 7) is 4.68. The van der Waals surface area contributed by atoms with E-state index in [2.05, 4.69) is 50.6 Å². The lowest BCUT2D eigenvalue weighted by Gasteiger charge is -2.22. The second kappa shape index (κ2) is 11.9. The summed E-state index contributed by atoms with van der Waals surface area (Å²) in [5, 5.41) is 6.93. The molecule has 2 aromatic carbocycles. The third kappa shape index (κ3) is 6.40. The van der Waals surface area contributed by atoms with Gasteiger partial charge in [-0.05, 0) is 37.6 Å². The van der Waals surface area contributed by atoms with Crippen LogP contribution in [0.4, 0.5) is 5.69 Å². The molecule has 1 unspecified atom stereocenters. The minimum Gasteiger partial charge on any atom is -0.495 e. The first-order chi connectivity index (χ1) is 15.7. The minimum absolute atomic E-state index is 0. The van der Waals surface area contributed by atoms with E-state index in [4.69, 9.17) is 9.15 Å². The molecule has 2 heterocycles. The Hall–Kier alpha value is -2.75. The van der Waals surface area contributed by atoms with Crippen LogP contribution < -0.4 is 20.3 Å². The summed E-state index contributed by atoms with van der Waals surface area (Å²) in [4.78, 5) is 11.3. The molecule has 0 bridgehead atoms. The van der Waals surface area contributed by atoms with E-state index >= 15 is 0 Å². The molecule has 0 spiro atoms. The molecule has 176 valence electrons. The Morgan fingerprint density at radius 2 is 2.00 bits per heavy atom. The number of aliphatic imine (C=N–C) groups is 1. The number of anilines is 1. The van der Waals surface area contributed by atoms with Crippen LogP contribution in [0.15, 0.2) is 64.2 Å². The Labute approximate surface area is 212 Å². The van der Waals surface area contributed by atoms with Crippen LogP contribution in [-0.2, 0) is 6.42 Å². The van der Waals surface area contributed by atoms with Crippen LogP contribution in [0, 0.1) is 6.92 Å². The number of nitrogens with zero attached hydrogens (tertiary/aromatic N) is 3. The van der Waals surface area contributed by atoms with Gasteiger partial charge in [-0.15, -0.1) is 24.0 Å². The number of halogens is 1. The molecule has 1 aromatic heterocycles. The lowest BCUT2D eigenvalue weighted by atomic mass is 10.1. The fourth-order valence-electron chi connectivity index (χ4n) is 3.94. The molecule has 1 saturated heterocycles. The van der Waals surface area contributed by atoms with E-state index in [0.717, 1.165) is 61.1 Å². The maximum atomic E-state index is 5.65. The summed E-state index contributed by atoms with van der Waals surface area (Å²) in [5.41, 5.74) is 4.27. The Kier molecular flexibility index (Phi) is 8.99. The first-order valence-electron chi connectivity index (χ1n) is 11.0. The van der Waals surface area contributed by atoms with Crippen LogP contribution in [0.1, 0.15) is 17.7 Å². The van der Waals surface area contributed by atoms with E-state index in [0.29, 0.717) is 11.9 Å². The molecule has 2 N–H and O–H groups in total. The molecule has 1 aliphatic heterocycles. The molecule has 33 heavy (non-hydrogen) atoms. The normalized spacial score (nSPS) is 15.8. The molecule has 7 nitrogen and oxygen atoms in total. The number of rotatable bonds is 7. The van der Waals surface area contributed by atoms with E-state index in [1.54, 1.807) is 20.4 Å². The Balaban J connectivity index is 0.00000306. The van der Waals surface area contributed by atoms with Crippen LogP contribution >= 0.6 is 24.0 Å². The molecule has 8 heteroatoms. The molecule has 1 atom stereocenters. The zero-order valence-electron chi connectivity index (χ0n) is 19.4. The molecule has 0 saturated carbocycles. The monoisotopic (exact) mass is 561 g/mol. The predicted molar refractivity (Wildman–Crippen MR) is 144 cm³/mol. The van der Waals surface area contributed by atoms with Crippen molar-refractivity contribution < 1.29 is 9.15 Å². The maximum Gasteiger partial charge on any atom is 0.226 e. The summed E-state index contributed by atoms with van der Waals surface area (Å²) < 4.78 is 11.2. The molecule has 1 fully saturated rings. The van der Waals surface area contributed by atoms with E-state index in [1.165, 1.54) is 5.56 Å². The van der Waals surface area contributed by atoms with Gasteiger partial charge in [-0.1, -0.05) is 29.8 Å². The quantitative estimate of drug-likeness (QED) is 0.255. The molecular weight excluding hydrogens is 529 g/mol. The number of methoxy groups -OCH3 is 1. The van der Waals surface area contributed by atoms with Gasteiger partial charge in [0.05, 0.1) is 18.5 Å². The highest BCUT2D eigenvalue weighted by Crippen LogP contribution is 2.30. The van der Waals surface area contributed by atoms with Gasteiger partial charge in [-0.3, -0.25) is 4.99 Å². The highest BCUT2D eigenvalue weighted by atomic mass is 127. The molecule has 3 aromatic rings. The molecule has 0 radical (unpaired) electrons. The fraction of sp³-hybridized carbons (Fsp3) is 0.360. The number of benzene rings is 2. The summed E-state index contributed by atoms with van der Waals surface area (Å²) in [6.07, 6.45) is 3.53. The van der Waals surface area contributed by atoms with Gasteiger partial charge >= 0.3 is 0 Å². The zero-order valence-corrected chi connectivity index (χ0v) is 21.7. The number of ether oxygens (including phenoxy) is 1. The van der Waals surface area contributed by atoms with E-state index in [-0.39, 0.29) is 24.0 Å². The molecular formula is C25H32IN5O2.